The molecule has 1 saturated heterocycles. The van der Waals surface area contributed by atoms with Crippen molar-refractivity contribution in [1.29, 1.82) is 0 Å². The topological polar surface area (TPSA) is 80.1 Å². The zero-order chi connectivity index (χ0) is 23.2. The summed E-state index contributed by atoms with van der Waals surface area (Å²) in [5.41, 5.74) is 2.49. The second kappa shape index (κ2) is 10.4. The molecule has 0 N–H and O–H groups in total. The zero-order valence-corrected chi connectivity index (χ0v) is 18.8. The lowest BCUT2D eigenvalue weighted by Gasteiger charge is -2.25. The normalized spacial score (nSPS) is 14.0. The summed E-state index contributed by atoms with van der Waals surface area (Å²) in [5.74, 6) is 2.40. The molecular weight excluding hydrogens is 422 g/mol. The highest BCUT2D eigenvalue weighted by atomic mass is 16.6. The largest absolute Gasteiger partial charge is 0.486 e. The van der Waals surface area contributed by atoms with Gasteiger partial charge in [-0.05, 0) is 42.7 Å². The summed E-state index contributed by atoms with van der Waals surface area (Å²) in [5, 5.41) is 11.1. The maximum Gasteiger partial charge on any atom is 0.270 e. The van der Waals surface area contributed by atoms with Gasteiger partial charge in [0.15, 0.2) is 11.5 Å². The maximum atomic E-state index is 11.1. The highest BCUT2D eigenvalue weighted by molar-refractivity contribution is 5.52. The lowest BCUT2D eigenvalue weighted by Crippen LogP contribution is -2.26. The Kier molecular flexibility index (Phi) is 7.10. The third-order valence-corrected chi connectivity index (χ3v) is 5.49. The summed E-state index contributed by atoms with van der Waals surface area (Å²) in [4.78, 5) is 10.7. The Morgan fingerprint density at radius 2 is 1.67 bits per heavy atom. The predicted octanol–water partition coefficient (Wildman–Crippen LogP) is 6.14. The lowest BCUT2D eigenvalue weighted by molar-refractivity contribution is -0.385. The summed E-state index contributed by atoms with van der Waals surface area (Å²) in [6.07, 6.45) is 1.66. The van der Waals surface area contributed by atoms with Crippen LogP contribution in [0, 0.1) is 24.0 Å². The van der Waals surface area contributed by atoms with Crippen molar-refractivity contribution >= 4 is 5.69 Å². The van der Waals surface area contributed by atoms with Crippen molar-refractivity contribution in [2.75, 3.05) is 13.2 Å². The Balaban J connectivity index is 1.58. The van der Waals surface area contributed by atoms with Gasteiger partial charge >= 0.3 is 0 Å². The quantitative estimate of drug-likeness (QED) is 0.303. The van der Waals surface area contributed by atoms with Crippen LogP contribution in [0.3, 0.4) is 0 Å². The first-order valence-electron chi connectivity index (χ1n) is 11.0. The molecule has 0 unspecified atom stereocenters. The third-order valence-electron chi connectivity index (χ3n) is 5.49. The summed E-state index contributed by atoms with van der Waals surface area (Å²) in [6, 6.07) is 18.4. The standard InChI is InChI=1S/C26H27NO6/c1-18-14-21(27(28)29)15-19(2)26(18)33-23-8-9-24(31-17-20-6-4-3-5-7-20)25(16-23)32-22-10-12-30-13-11-22/h3-9,14-16,22H,10-13,17H2,1-2H3. The Morgan fingerprint density at radius 3 is 2.33 bits per heavy atom. The van der Waals surface area contributed by atoms with Crippen LogP contribution in [0.5, 0.6) is 23.0 Å². The van der Waals surface area contributed by atoms with Crippen LogP contribution in [0.1, 0.15) is 29.5 Å². The van der Waals surface area contributed by atoms with Crippen LogP contribution < -0.4 is 14.2 Å². The summed E-state index contributed by atoms with van der Waals surface area (Å²) >= 11 is 0. The zero-order valence-electron chi connectivity index (χ0n) is 18.8. The SMILES string of the molecule is Cc1cc([N+](=O)[O-])cc(C)c1Oc1ccc(OCc2ccccc2)c(OC2CCOCC2)c1. The van der Waals surface area contributed by atoms with Crippen LogP contribution in [0.25, 0.3) is 0 Å². The fourth-order valence-corrected chi connectivity index (χ4v) is 3.78. The van der Waals surface area contributed by atoms with Gasteiger partial charge in [0.2, 0.25) is 0 Å². The van der Waals surface area contributed by atoms with Crippen molar-refractivity contribution in [2.45, 2.75) is 39.4 Å². The number of benzene rings is 3. The first-order chi connectivity index (χ1) is 16.0. The third kappa shape index (κ3) is 5.81. The molecule has 0 bridgehead atoms. The second-order valence-electron chi connectivity index (χ2n) is 8.08. The van der Waals surface area contributed by atoms with E-state index in [9.17, 15) is 10.1 Å². The minimum atomic E-state index is -0.400. The number of nitro benzene ring substituents is 1. The first-order valence-corrected chi connectivity index (χ1v) is 11.0. The minimum absolute atomic E-state index is 0.0379. The number of nitro groups is 1. The molecule has 1 aliphatic heterocycles. The summed E-state index contributed by atoms with van der Waals surface area (Å²) < 4.78 is 23.9. The molecule has 1 aliphatic rings. The van der Waals surface area contributed by atoms with Gasteiger partial charge in [0.25, 0.3) is 5.69 Å². The van der Waals surface area contributed by atoms with Crippen LogP contribution in [-0.2, 0) is 11.3 Å². The fourth-order valence-electron chi connectivity index (χ4n) is 3.78. The van der Waals surface area contributed by atoms with Crippen LogP contribution in [0.2, 0.25) is 0 Å². The van der Waals surface area contributed by atoms with Gasteiger partial charge < -0.3 is 18.9 Å². The molecule has 3 aromatic rings. The van der Waals surface area contributed by atoms with Crippen molar-refractivity contribution in [3.8, 4) is 23.0 Å². The van der Waals surface area contributed by atoms with Crippen molar-refractivity contribution in [3.05, 3.63) is 87.5 Å². The van der Waals surface area contributed by atoms with Crippen molar-refractivity contribution in [3.63, 3.8) is 0 Å². The lowest BCUT2D eigenvalue weighted by atomic mass is 10.1. The van der Waals surface area contributed by atoms with E-state index in [-0.39, 0.29) is 11.8 Å². The van der Waals surface area contributed by atoms with E-state index in [0.29, 0.717) is 53.9 Å². The van der Waals surface area contributed by atoms with Crippen molar-refractivity contribution < 1.29 is 23.9 Å². The van der Waals surface area contributed by atoms with Crippen molar-refractivity contribution in [1.82, 2.24) is 0 Å². The van der Waals surface area contributed by atoms with Gasteiger partial charge in [-0.25, -0.2) is 0 Å². The molecular formula is C26H27NO6. The van der Waals surface area contributed by atoms with E-state index in [1.54, 1.807) is 13.8 Å². The van der Waals surface area contributed by atoms with E-state index in [2.05, 4.69) is 0 Å². The van der Waals surface area contributed by atoms with Crippen LogP contribution in [0.15, 0.2) is 60.7 Å². The monoisotopic (exact) mass is 449 g/mol. The van der Waals surface area contributed by atoms with E-state index < -0.39 is 4.92 Å². The molecule has 1 fully saturated rings. The highest BCUT2D eigenvalue weighted by Gasteiger charge is 2.19. The average Bonchev–Trinajstić information content (AvgIpc) is 2.82. The molecule has 33 heavy (non-hydrogen) atoms. The van der Waals surface area contributed by atoms with Gasteiger partial charge in [-0.3, -0.25) is 10.1 Å². The van der Waals surface area contributed by atoms with Crippen molar-refractivity contribution in [2.24, 2.45) is 0 Å². The number of hydrogen-bond acceptors (Lipinski definition) is 6. The number of nitrogens with zero attached hydrogens (tertiary/aromatic N) is 1. The number of ether oxygens (including phenoxy) is 4. The van der Waals surface area contributed by atoms with Gasteiger partial charge in [-0.1, -0.05) is 30.3 Å². The average molecular weight is 450 g/mol. The summed E-state index contributed by atoms with van der Waals surface area (Å²) in [7, 11) is 0. The fraction of sp³-hybridized carbons (Fsp3) is 0.308. The van der Waals surface area contributed by atoms with Crippen LogP contribution in [-0.4, -0.2) is 24.2 Å². The Hall–Kier alpha value is -3.58. The number of non-ortho nitro benzene ring substituents is 1. The van der Waals surface area contributed by atoms with E-state index in [1.165, 1.54) is 12.1 Å². The van der Waals surface area contributed by atoms with E-state index in [4.69, 9.17) is 18.9 Å². The molecule has 0 spiro atoms. The maximum absolute atomic E-state index is 11.1. The Labute approximate surface area is 193 Å². The molecule has 0 saturated carbocycles. The van der Waals surface area contributed by atoms with E-state index in [1.807, 2.05) is 48.5 Å². The molecule has 7 nitrogen and oxygen atoms in total. The number of aryl methyl sites for hydroxylation is 2. The predicted molar refractivity (Wildman–Crippen MR) is 124 cm³/mol. The van der Waals surface area contributed by atoms with Gasteiger partial charge in [0, 0.05) is 31.0 Å². The molecule has 3 aromatic carbocycles. The van der Waals surface area contributed by atoms with E-state index >= 15 is 0 Å². The molecule has 0 amide bonds. The van der Waals surface area contributed by atoms with Crippen LogP contribution >= 0.6 is 0 Å². The molecule has 172 valence electrons. The molecule has 7 heteroatoms. The molecule has 0 aliphatic carbocycles. The van der Waals surface area contributed by atoms with E-state index in [0.717, 1.165) is 18.4 Å². The van der Waals surface area contributed by atoms with Crippen LogP contribution in [0.4, 0.5) is 5.69 Å². The molecule has 4 rings (SSSR count). The Morgan fingerprint density at radius 1 is 0.970 bits per heavy atom. The number of rotatable bonds is 8. The molecule has 0 atom stereocenters. The van der Waals surface area contributed by atoms with Gasteiger partial charge in [-0.15, -0.1) is 0 Å². The minimum Gasteiger partial charge on any atom is -0.486 e. The van der Waals surface area contributed by atoms with Gasteiger partial charge in [0.1, 0.15) is 24.2 Å². The summed E-state index contributed by atoms with van der Waals surface area (Å²) in [6.45, 7) is 5.36. The highest BCUT2D eigenvalue weighted by Crippen LogP contribution is 2.38. The first kappa shape index (κ1) is 22.6. The Bertz CT molecular complexity index is 1090. The smallest absolute Gasteiger partial charge is 0.270 e. The molecule has 0 radical (unpaired) electrons. The molecule has 1 heterocycles. The van der Waals surface area contributed by atoms with Gasteiger partial charge in [-0.2, -0.15) is 0 Å². The van der Waals surface area contributed by atoms with Gasteiger partial charge in [0.05, 0.1) is 18.1 Å². The molecule has 0 aromatic heterocycles. The number of hydrogen-bond donors (Lipinski definition) is 0. The second-order valence-corrected chi connectivity index (χ2v) is 8.08.